The summed E-state index contributed by atoms with van der Waals surface area (Å²) in [6.07, 6.45) is -5.02. The lowest BCUT2D eigenvalue weighted by molar-refractivity contribution is -0.139. The first kappa shape index (κ1) is 36.5. The van der Waals surface area contributed by atoms with Crippen LogP contribution in [0, 0.1) is 0 Å². The Hall–Kier alpha value is -4.33. The number of anilines is 2. The Morgan fingerprint density at radius 1 is 0.958 bits per heavy atom. The summed E-state index contributed by atoms with van der Waals surface area (Å²) in [7, 11) is -1.46. The number of piperazine rings is 1. The Morgan fingerprint density at radius 2 is 1.60 bits per heavy atom. The molecular weight excluding hydrogens is 668 g/mol. The van der Waals surface area contributed by atoms with E-state index in [1.165, 1.54) is 18.0 Å². The molecule has 0 unspecified atom stereocenters. The predicted molar refractivity (Wildman–Crippen MR) is 164 cm³/mol. The van der Waals surface area contributed by atoms with Gasteiger partial charge in [-0.05, 0) is 13.0 Å². The van der Waals surface area contributed by atoms with E-state index in [-0.39, 0.29) is 50.8 Å². The summed E-state index contributed by atoms with van der Waals surface area (Å²) in [5.74, 6) is -0.400. The highest BCUT2D eigenvalue weighted by Gasteiger charge is 2.39. The summed E-state index contributed by atoms with van der Waals surface area (Å²) >= 11 is 0. The van der Waals surface area contributed by atoms with Crippen molar-refractivity contribution in [1.29, 1.82) is 0 Å². The van der Waals surface area contributed by atoms with Crippen LogP contribution in [-0.4, -0.2) is 87.0 Å². The average molecular weight is 704 g/mol. The lowest BCUT2D eigenvalue weighted by atomic mass is 10.2. The van der Waals surface area contributed by atoms with E-state index in [4.69, 9.17) is 4.74 Å². The molecule has 4 rings (SSSR count). The van der Waals surface area contributed by atoms with Crippen molar-refractivity contribution in [3.05, 3.63) is 68.5 Å². The van der Waals surface area contributed by atoms with Gasteiger partial charge in [-0.25, -0.2) is 24.4 Å². The van der Waals surface area contributed by atoms with Crippen LogP contribution in [-0.2, 0) is 30.4 Å². The van der Waals surface area contributed by atoms with Gasteiger partial charge in [0.2, 0.25) is 5.95 Å². The Labute approximate surface area is 271 Å². The molecule has 3 aromatic rings. The second kappa shape index (κ2) is 14.4. The molecule has 1 N–H and O–H groups in total. The highest BCUT2D eigenvalue weighted by atomic mass is 28.3. The molecule has 3 aromatic heterocycles. The fourth-order valence-electron chi connectivity index (χ4n) is 4.72. The largest absolute Gasteiger partial charge is 0.423 e. The van der Waals surface area contributed by atoms with Crippen LogP contribution in [0.1, 0.15) is 28.4 Å². The summed E-state index contributed by atoms with van der Waals surface area (Å²) < 4.78 is 87.5. The monoisotopic (exact) mass is 703 g/mol. The van der Waals surface area contributed by atoms with E-state index in [1.54, 1.807) is 4.90 Å². The SMILES string of the molecule is C[C@@H](Cn1cc(C(=O)N2CCN(c3ncc(C(F)(F)F)cn3)CC2)cnc1=O)Nc1cnn(COCC[Si](C)(C)C)c(=O)c1C(F)(F)F. The molecule has 48 heavy (non-hydrogen) atoms. The molecule has 13 nitrogen and oxygen atoms in total. The van der Waals surface area contributed by atoms with Gasteiger partial charge in [0.1, 0.15) is 12.3 Å². The molecule has 1 fully saturated rings. The van der Waals surface area contributed by atoms with Crippen molar-refractivity contribution in [2.75, 3.05) is 43.0 Å². The number of nitrogens with one attached hydrogen (secondary N) is 1. The van der Waals surface area contributed by atoms with Crippen LogP contribution in [0.25, 0.3) is 0 Å². The molecule has 0 aliphatic carbocycles. The summed E-state index contributed by atoms with van der Waals surface area (Å²) in [4.78, 5) is 52.8. The minimum atomic E-state index is -5.02. The number of halogens is 6. The molecule has 1 atom stereocenters. The number of nitrogens with zero attached hydrogens (tertiary/aromatic N) is 8. The van der Waals surface area contributed by atoms with E-state index in [9.17, 15) is 40.7 Å². The zero-order chi connectivity index (χ0) is 35.4. The lowest BCUT2D eigenvalue weighted by Gasteiger charge is -2.34. The molecule has 1 aliphatic rings. The van der Waals surface area contributed by atoms with Gasteiger partial charge in [-0.3, -0.25) is 14.2 Å². The number of amides is 1. The van der Waals surface area contributed by atoms with Crippen molar-refractivity contribution in [2.45, 2.75) is 64.3 Å². The molecule has 1 amide bonds. The number of rotatable bonds is 11. The Kier molecular flexibility index (Phi) is 11.0. The molecule has 4 heterocycles. The first-order valence-electron chi connectivity index (χ1n) is 14.8. The summed E-state index contributed by atoms with van der Waals surface area (Å²) in [5.41, 5.74) is -5.13. The third-order valence-electron chi connectivity index (χ3n) is 7.33. The Bertz CT molecular complexity index is 1700. The van der Waals surface area contributed by atoms with E-state index < -0.39 is 67.2 Å². The smallest absolute Gasteiger partial charge is 0.379 e. The van der Waals surface area contributed by atoms with E-state index >= 15 is 0 Å². The first-order valence-corrected chi connectivity index (χ1v) is 18.6. The van der Waals surface area contributed by atoms with Crippen molar-refractivity contribution in [3.63, 3.8) is 0 Å². The van der Waals surface area contributed by atoms with Gasteiger partial charge < -0.3 is 19.9 Å². The van der Waals surface area contributed by atoms with Crippen LogP contribution in [0.5, 0.6) is 0 Å². The van der Waals surface area contributed by atoms with Gasteiger partial charge in [0.15, 0.2) is 0 Å². The molecule has 0 saturated carbocycles. The van der Waals surface area contributed by atoms with Gasteiger partial charge in [-0.15, -0.1) is 0 Å². The molecule has 20 heteroatoms. The van der Waals surface area contributed by atoms with E-state index in [0.717, 1.165) is 23.0 Å². The van der Waals surface area contributed by atoms with Crippen molar-refractivity contribution < 1.29 is 35.9 Å². The van der Waals surface area contributed by atoms with Gasteiger partial charge in [0.05, 0.1) is 23.0 Å². The zero-order valence-corrected chi connectivity index (χ0v) is 27.6. The fraction of sp³-hybridized carbons (Fsp3) is 0.536. The van der Waals surface area contributed by atoms with Crippen molar-refractivity contribution >= 4 is 25.6 Å². The fourth-order valence-corrected chi connectivity index (χ4v) is 5.48. The van der Waals surface area contributed by atoms with Crippen LogP contribution >= 0.6 is 0 Å². The van der Waals surface area contributed by atoms with Crippen molar-refractivity contribution in [1.82, 2.24) is 34.2 Å². The summed E-state index contributed by atoms with van der Waals surface area (Å²) in [5, 5.41) is 6.43. The molecule has 0 bridgehead atoms. The number of carbonyl (C=O) groups is 1. The molecule has 1 saturated heterocycles. The number of aromatic nitrogens is 6. The van der Waals surface area contributed by atoms with E-state index in [1.807, 2.05) is 0 Å². The van der Waals surface area contributed by atoms with Gasteiger partial charge in [0, 0.05) is 78.2 Å². The second-order valence-electron chi connectivity index (χ2n) is 12.5. The molecule has 0 spiro atoms. The maximum atomic E-state index is 14.0. The van der Waals surface area contributed by atoms with Crippen LogP contribution in [0.3, 0.4) is 0 Å². The average Bonchev–Trinajstić information content (AvgIpc) is 2.99. The van der Waals surface area contributed by atoms with Crippen LogP contribution in [0.15, 0.2) is 40.6 Å². The van der Waals surface area contributed by atoms with E-state index in [0.29, 0.717) is 17.1 Å². The highest BCUT2D eigenvalue weighted by Crippen LogP contribution is 2.32. The predicted octanol–water partition coefficient (Wildman–Crippen LogP) is 3.40. The zero-order valence-electron chi connectivity index (χ0n) is 26.6. The standard InChI is InChI=1S/C28H35F6N9O4Si/c1-18(39-21-14-38-43(17-47-9-10-48(2,3)4)24(45)22(21)28(32,33)34)15-42-16-19(11-37-26(42)46)23(44)40-5-7-41(8-6-40)25-35-12-20(13-36-25)27(29,30)31/h11-14,16,18,39H,5-10,15,17H2,1-4H3/t18-/m0/s1. The van der Waals surface area contributed by atoms with Gasteiger partial charge in [-0.2, -0.15) is 31.4 Å². The van der Waals surface area contributed by atoms with Gasteiger partial charge in [0.25, 0.3) is 11.5 Å². The second-order valence-corrected chi connectivity index (χ2v) is 18.1. The number of ether oxygens (including phenoxy) is 1. The molecule has 262 valence electrons. The number of carbonyl (C=O) groups excluding carboxylic acids is 1. The van der Waals surface area contributed by atoms with E-state index in [2.05, 4.69) is 45.0 Å². The van der Waals surface area contributed by atoms with Crippen molar-refractivity contribution in [3.8, 4) is 0 Å². The quantitative estimate of drug-likeness (QED) is 0.180. The maximum absolute atomic E-state index is 14.0. The molecular formula is C28H35F6N9O4Si. The number of hydrogen-bond acceptors (Lipinski definition) is 10. The van der Waals surface area contributed by atoms with Gasteiger partial charge in [-0.1, -0.05) is 19.6 Å². The molecule has 1 aliphatic heterocycles. The third kappa shape index (κ3) is 9.39. The Balaban J connectivity index is 1.41. The van der Waals surface area contributed by atoms with Crippen LogP contribution in [0.2, 0.25) is 25.7 Å². The summed E-state index contributed by atoms with van der Waals surface area (Å²) in [6.45, 7) is 8.22. The lowest BCUT2D eigenvalue weighted by Crippen LogP contribution is -2.49. The number of alkyl halides is 6. The minimum absolute atomic E-state index is 0.0374. The number of hydrogen-bond donors (Lipinski definition) is 1. The summed E-state index contributed by atoms with van der Waals surface area (Å²) in [6, 6.07) is -0.0995. The maximum Gasteiger partial charge on any atom is 0.423 e. The topological polar surface area (TPSA) is 140 Å². The Morgan fingerprint density at radius 3 is 2.19 bits per heavy atom. The van der Waals surface area contributed by atoms with Crippen LogP contribution < -0.4 is 21.5 Å². The minimum Gasteiger partial charge on any atom is -0.379 e. The third-order valence-corrected chi connectivity index (χ3v) is 9.03. The first-order chi connectivity index (χ1) is 22.3. The molecule has 0 radical (unpaired) electrons. The normalized spacial score (nSPS) is 15.0. The van der Waals surface area contributed by atoms with Crippen molar-refractivity contribution in [2.24, 2.45) is 0 Å². The highest BCUT2D eigenvalue weighted by molar-refractivity contribution is 6.76. The van der Waals surface area contributed by atoms with Gasteiger partial charge >= 0.3 is 18.0 Å². The molecule has 0 aromatic carbocycles. The van der Waals surface area contributed by atoms with Crippen LogP contribution in [0.4, 0.5) is 38.0 Å².